The molecule has 2 rings (SSSR count). The maximum atomic E-state index is 10.7. The van der Waals surface area contributed by atoms with E-state index in [1.165, 1.54) is 0 Å². The zero-order valence-corrected chi connectivity index (χ0v) is 7.53. The molecule has 0 aromatic carbocycles. The summed E-state index contributed by atoms with van der Waals surface area (Å²) in [4.78, 5) is 13.0. The Balaban J connectivity index is 1.73. The Morgan fingerprint density at radius 3 is 2.92 bits per heavy atom. The third-order valence-electron chi connectivity index (χ3n) is 2.36. The van der Waals surface area contributed by atoms with Crippen molar-refractivity contribution in [2.24, 2.45) is 0 Å². The molecule has 13 heavy (non-hydrogen) atoms. The molecule has 0 saturated carbocycles. The molecule has 2 fully saturated rings. The Labute approximate surface area is 77.4 Å². The van der Waals surface area contributed by atoms with Gasteiger partial charge in [-0.15, -0.1) is 0 Å². The smallest absolute Gasteiger partial charge is 0.407 e. The van der Waals surface area contributed by atoms with E-state index in [4.69, 9.17) is 4.74 Å². The minimum atomic E-state index is -0.285. The van der Waals surface area contributed by atoms with E-state index in [0.717, 1.165) is 32.7 Å². The molecular weight excluding hydrogens is 170 g/mol. The lowest BCUT2D eigenvalue weighted by atomic mass is 10.3. The molecule has 0 aromatic heterocycles. The van der Waals surface area contributed by atoms with Crippen molar-refractivity contribution in [2.75, 3.05) is 39.3 Å². The van der Waals surface area contributed by atoms with Gasteiger partial charge in [-0.25, -0.2) is 10.1 Å². The summed E-state index contributed by atoms with van der Waals surface area (Å²) in [5, 5.41) is 6.90. The molecular formula is C8H14N3O2. The van der Waals surface area contributed by atoms with Gasteiger partial charge in [-0.3, -0.25) is 4.90 Å². The molecule has 0 bridgehead atoms. The van der Waals surface area contributed by atoms with Crippen molar-refractivity contribution in [2.45, 2.75) is 6.10 Å². The van der Waals surface area contributed by atoms with Crippen LogP contribution < -0.4 is 10.6 Å². The second kappa shape index (κ2) is 3.93. The number of carbonyl (C=O) groups is 1. The van der Waals surface area contributed by atoms with Crippen molar-refractivity contribution in [1.29, 1.82) is 0 Å². The normalized spacial score (nSPS) is 29.8. The summed E-state index contributed by atoms with van der Waals surface area (Å²) < 4.78 is 5.04. The molecule has 2 aliphatic heterocycles. The van der Waals surface area contributed by atoms with Gasteiger partial charge in [-0.1, -0.05) is 0 Å². The molecule has 0 aliphatic carbocycles. The van der Waals surface area contributed by atoms with E-state index in [2.05, 4.69) is 15.5 Å². The highest BCUT2D eigenvalue weighted by atomic mass is 16.6. The Kier molecular flexibility index (Phi) is 2.65. The zero-order valence-electron chi connectivity index (χ0n) is 7.53. The Morgan fingerprint density at radius 2 is 2.31 bits per heavy atom. The zero-order chi connectivity index (χ0) is 9.10. The first-order valence-electron chi connectivity index (χ1n) is 4.65. The first-order chi connectivity index (χ1) is 6.34. The predicted molar refractivity (Wildman–Crippen MR) is 46.6 cm³/mol. The lowest BCUT2D eigenvalue weighted by Crippen LogP contribution is -2.44. The van der Waals surface area contributed by atoms with Gasteiger partial charge >= 0.3 is 6.09 Å². The van der Waals surface area contributed by atoms with E-state index >= 15 is 0 Å². The number of amides is 1. The van der Waals surface area contributed by atoms with E-state index in [1.807, 2.05) is 0 Å². The van der Waals surface area contributed by atoms with Crippen LogP contribution in [0.3, 0.4) is 0 Å². The predicted octanol–water partition coefficient (Wildman–Crippen LogP) is -0.985. The van der Waals surface area contributed by atoms with Crippen LogP contribution >= 0.6 is 0 Å². The fraction of sp³-hybridized carbons (Fsp3) is 0.875. The molecule has 1 amide bonds. The van der Waals surface area contributed by atoms with Crippen molar-refractivity contribution < 1.29 is 9.53 Å². The fourth-order valence-electron chi connectivity index (χ4n) is 1.65. The highest BCUT2D eigenvalue weighted by Crippen LogP contribution is 2.03. The number of hydrogen-bond donors (Lipinski definition) is 1. The van der Waals surface area contributed by atoms with E-state index < -0.39 is 0 Å². The van der Waals surface area contributed by atoms with E-state index in [9.17, 15) is 4.79 Å². The van der Waals surface area contributed by atoms with Crippen LogP contribution in [0.2, 0.25) is 0 Å². The van der Waals surface area contributed by atoms with Crippen molar-refractivity contribution in [3.05, 3.63) is 0 Å². The van der Waals surface area contributed by atoms with Gasteiger partial charge in [0.05, 0.1) is 6.54 Å². The van der Waals surface area contributed by atoms with Crippen LogP contribution in [0.5, 0.6) is 0 Å². The number of alkyl carbamates (subject to hydrolysis) is 1. The summed E-state index contributed by atoms with van der Waals surface area (Å²) in [6.45, 7) is 5.30. The topological polar surface area (TPSA) is 55.7 Å². The maximum Gasteiger partial charge on any atom is 0.407 e. The quantitative estimate of drug-likeness (QED) is 0.600. The summed E-state index contributed by atoms with van der Waals surface area (Å²) in [5.41, 5.74) is 0. The van der Waals surface area contributed by atoms with E-state index in [0.29, 0.717) is 6.54 Å². The molecule has 5 nitrogen and oxygen atoms in total. The molecule has 1 unspecified atom stereocenters. The first kappa shape index (κ1) is 8.77. The molecule has 1 radical (unpaired) electrons. The average Bonchev–Trinajstić information content (AvgIpc) is 2.53. The van der Waals surface area contributed by atoms with Crippen LogP contribution in [0.4, 0.5) is 4.79 Å². The largest absolute Gasteiger partial charge is 0.443 e. The van der Waals surface area contributed by atoms with Crippen molar-refractivity contribution in [1.82, 2.24) is 15.5 Å². The summed E-state index contributed by atoms with van der Waals surface area (Å²) >= 11 is 0. The van der Waals surface area contributed by atoms with Crippen LogP contribution in [0, 0.1) is 0 Å². The van der Waals surface area contributed by atoms with Gasteiger partial charge in [0.2, 0.25) is 0 Å². The van der Waals surface area contributed by atoms with Gasteiger partial charge in [0, 0.05) is 32.7 Å². The second-order valence-corrected chi connectivity index (χ2v) is 3.38. The number of nitrogens with zero attached hydrogens (tertiary/aromatic N) is 2. The lowest BCUT2D eigenvalue weighted by molar-refractivity contribution is 0.103. The standard InChI is InChI=1S/C8H14N3O2/c12-8-10-5-7(13-8)6-11-3-1-9-2-4-11/h7H,1-6H2,(H,10,12). The summed E-state index contributed by atoms with van der Waals surface area (Å²) in [5.74, 6) is 0. The summed E-state index contributed by atoms with van der Waals surface area (Å²) in [6.07, 6.45) is -0.253. The number of rotatable bonds is 2. The first-order valence-corrected chi connectivity index (χ1v) is 4.65. The van der Waals surface area contributed by atoms with Gasteiger partial charge in [0.1, 0.15) is 6.10 Å². The molecule has 2 aliphatic rings. The molecule has 1 atom stereocenters. The highest BCUT2D eigenvalue weighted by Gasteiger charge is 2.25. The summed E-state index contributed by atoms with van der Waals surface area (Å²) in [7, 11) is 0. The molecule has 1 N–H and O–H groups in total. The Hall–Kier alpha value is -0.810. The number of ether oxygens (including phenoxy) is 1. The van der Waals surface area contributed by atoms with Gasteiger partial charge < -0.3 is 10.1 Å². The lowest BCUT2D eigenvalue weighted by Gasteiger charge is -2.27. The van der Waals surface area contributed by atoms with Crippen molar-refractivity contribution >= 4 is 6.09 Å². The monoisotopic (exact) mass is 184 g/mol. The van der Waals surface area contributed by atoms with Crippen LogP contribution in [-0.2, 0) is 4.74 Å². The maximum absolute atomic E-state index is 10.7. The van der Waals surface area contributed by atoms with Crippen molar-refractivity contribution in [3.63, 3.8) is 0 Å². The van der Waals surface area contributed by atoms with E-state index in [-0.39, 0.29) is 12.2 Å². The molecule has 2 saturated heterocycles. The third-order valence-corrected chi connectivity index (χ3v) is 2.36. The summed E-state index contributed by atoms with van der Waals surface area (Å²) in [6, 6.07) is 0. The highest BCUT2D eigenvalue weighted by molar-refractivity contribution is 5.69. The average molecular weight is 184 g/mol. The van der Waals surface area contributed by atoms with Gasteiger partial charge in [-0.05, 0) is 0 Å². The Morgan fingerprint density at radius 1 is 1.54 bits per heavy atom. The van der Waals surface area contributed by atoms with Crippen LogP contribution in [0.1, 0.15) is 0 Å². The van der Waals surface area contributed by atoms with Crippen LogP contribution in [-0.4, -0.2) is 56.4 Å². The fourth-order valence-corrected chi connectivity index (χ4v) is 1.65. The second-order valence-electron chi connectivity index (χ2n) is 3.38. The number of hydrogen-bond acceptors (Lipinski definition) is 3. The SMILES string of the molecule is O=C1NCC(CN2CC[N]CC2)O1. The molecule has 73 valence electrons. The minimum Gasteiger partial charge on any atom is -0.443 e. The number of carbonyl (C=O) groups excluding carboxylic acids is 1. The molecule has 0 aromatic rings. The molecule has 2 heterocycles. The van der Waals surface area contributed by atoms with Gasteiger partial charge in [0.25, 0.3) is 0 Å². The third kappa shape index (κ3) is 2.32. The van der Waals surface area contributed by atoms with Gasteiger partial charge in [-0.2, -0.15) is 0 Å². The van der Waals surface area contributed by atoms with Crippen LogP contribution in [0.25, 0.3) is 0 Å². The molecule has 5 heteroatoms. The minimum absolute atomic E-state index is 0.0330. The van der Waals surface area contributed by atoms with E-state index in [1.54, 1.807) is 0 Å². The van der Waals surface area contributed by atoms with Crippen LogP contribution in [0.15, 0.2) is 0 Å². The number of nitrogens with one attached hydrogen (secondary N) is 1. The number of piperazine rings is 1. The van der Waals surface area contributed by atoms with Gasteiger partial charge in [0.15, 0.2) is 0 Å². The molecule has 0 spiro atoms. The Bertz CT molecular complexity index is 192. The van der Waals surface area contributed by atoms with Crippen molar-refractivity contribution in [3.8, 4) is 0 Å². The number of cyclic esters (lactones) is 1.